The van der Waals surface area contributed by atoms with Gasteiger partial charge in [0.25, 0.3) is 0 Å². The van der Waals surface area contributed by atoms with Gasteiger partial charge in [0, 0.05) is 29.7 Å². The fourth-order valence-electron chi connectivity index (χ4n) is 1.87. The van der Waals surface area contributed by atoms with Crippen molar-refractivity contribution < 1.29 is 9.84 Å². The second-order valence-electron chi connectivity index (χ2n) is 4.13. The number of aliphatic hydroxyl groups excluding tert-OH is 1. The van der Waals surface area contributed by atoms with Gasteiger partial charge in [0.1, 0.15) is 5.75 Å². The van der Waals surface area contributed by atoms with E-state index in [-0.39, 0.29) is 0 Å². The molecule has 96 valence electrons. The van der Waals surface area contributed by atoms with Gasteiger partial charge in [0.15, 0.2) is 0 Å². The summed E-state index contributed by atoms with van der Waals surface area (Å²) < 4.78 is 7.93. The van der Waals surface area contributed by atoms with E-state index in [0.717, 1.165) is 15.6 Å². The zero-order valence-corrected chi connectivity index (χ0v) is 11.9. The minimum Gasteiger partial charge on any atom is -0.496 e. The SMILES string of the molecule is COc1cc(Br)ccc1C(O)Cc1cnn(C)c1. The summed E-state index contributed by atoms with van der Waals surface area (Å²) in [6.45, 7) is 0. The van der Waals surface area contributed by atoms with Gasteiger partial charge in [0.05, 0.1) is 19.4 Å². The smallest absolute Gasteiger partial charge is 0.125 e. The number of aryl methyl sites for hydroxylation is 1. The zero-order valence-electron chi connectivity index (χ0n) is 10.3. The molecule has 0 spiro atoms. The average molecular weight is 311 g/mol. The van der Waals surface area contributed by atoms with E-state index in [1.807, 2.05) is 31.4 Å². The van der Waals surface area contributed by atoms with E-state index in [2.05, 4.69) is 21.0 Å². The topological polar surface area (TPSA) is 47.3 Å². The maximum Gasteiger partial charge on any atom is 0.125 e. The van der Waals surface area contributed by atoms with Crippen LogP contribution in [0.3, 0.4) is 0 Å². The van der Waals surface area contributed by atoms with Crippen LogP contribution < -0.4 is 4.74 Å². The Labute approximate surface area is 114 Å². The quantitative estimate of drug-likeness (QED) is 0.943. The summed E-state index contributed by atoms with van der Waals surface area (Å²) >= 11 is 3.38. The van der Waals surface area contributed by atoms with Gasteiger partial charge in [0.2, 0.25) is 0 Å². The first kappa shape index (κ1) is 13.1. The van der Waals surface area contributed by atoms with E-state index in [1.165, 1.54) is 0 Å². The van der Waals surface area contributed by atoms with Gasteiger partial charge in [-0.1, -0.05) is 22.0 Å². The molecule has 0 radical (unpaired) electrons. The molecule has 2 aromatic rings. The maximum atomic E-state index is 10.3. The summed E-state index contributed by atoms with van der Waals surface area (Å²) in [5, 5.41) is 14.3. The fourth-order valence-corrected chi connectivity index (χ4v) is 2.21. The number of ether oxygens (including phenoxy) is 1. The first-order chi connectivity index (χ1) is 8.60. The Kier molecular flexibility index (Phi) is 4.04. The van der Waals surface area contributed by atoms with Crippen LogP contribution in [-0.4, -0.2) is 22.0 Å². The van der Waals surface area contributed by atoms with Gasteiger partial charge in [-0.05, 0) is 17.7 Å². The van der Waals surface area contributed by atoms with E-state index >= 15 is 0 Å². The van der Waals surface area contributed by atoms with Crippen LogP contribution in [0.4, 0.5) is 0 Å². The molecule has 2 rings (SSSR count). The number of aliphatic hydroxyl groups is 1. The molecule has 1 heterocycles. The molecule has 0 saturated carbocycles. The third kappa shape index (κ3) is 2.91. The molecule has 0 saturated heterocycles. The lowest BCUT2D eigenvalue weighted by Gasteiger charge is -2.14. The van der Waals surface area contributed by atoms with Gasteiger partial charge in [-0.3, -0.25) is 4.68 Å². The molecule has 0 bridgehead atoms. The minimum absolute atomic E-state index is 0.520. The summed E-state index contributed by atoms with van der Waals surface area (Å²) in [5.74, 6) is 0.681. The lowest BCUT2D eigenvalue weighted by atomic mass is 10.0. The molecule has 0 aliphatic carbocycles. The second-order valence-corrected chi connectivity index (χ2v) is 5.04. The number of methoxy groups -OCH3 is 1. The highest BCUT2D eigenvalue weighted by Crippen LogP contribution is 2.30. The Morgan fingerprint density at radius 3 is 2.89 bits per heavy atom. The molecule has 1 N–H and O–H groups in total. The van der Waals surface area contributed by atoms with Gasteiger partial charge >= 0.3 is 0 Å². The summed E-state index contributed by atoms with van der Waals surface area (Å²) in [6.07, 6.45) is 3.58. The van der Waals surface area contributed by atoms with E-state index in [0.29, 0.717) is 12.2 Å². The van der Waals surface area contributed by atoms with Crippen molar-refractivity contribution in [3.63, 3.8) is 0 Å². The number of nitrogens with zero attached hydrogens (tertiary/aromatic N) is 2. The van der Waals surface area contributed by atoms with Crippen LogP contribution in [0.15, 0.2) is 35.1 Å². The van der Waals surface area contributed by atoms with Crippen molar-refractivity contribution in [3.05, 3.63) is 46.2 Å². The van der Waals surface area contributed by atoms with Gasteiger partial charge in [-0.2, -0.15) is 5.10 Å². The lowest BCUT2D eigenvalue weighted by Crippen LogP contribution is -2.03. The molecule has 5 heteroatoms. The minimum atomic E-state index is -0.600. The molecule has 0 fully saturated rings. The van der Waals surface area contributed by atoms with Crippen LogP contribution >= 0.6 is 15.9 Å². The normalized spacial score (nSPS) is 12.4. The molecule has 1 atom stereocenters. The first-order valence-electron chi connectivity index (χ1n) is 5.59. The standard InChI is InChI=1S/C13H15BrN2O2/c1-16-8-9(7-15-16)5-12(17)11-4-3-10(14)6-13(11)18-2/h3-4,6-8,12,17H,5H2,1-2H3. The number of hydrogen-bond acceptors (Lipinski definition) is 3. The van der Waals surface area contributed by atoms with Crippen LogP contribution in [0.5, 0.6) is 5.75 Å². The average Bonchev–Trinajstić information content (AvgIpc) is 2.74. The zero-order chi connectivity index (χ0) is 13.1. The van der Waals surface area contributed by atoms with E-state index < -0.39 is 6.10 Å². The van der Waals surface area contributed by atoms with Crippen molar-refractivity contribution in [2.45, 2.75) is 12.5 Å². The Balaban J connectivity index is 2.20. The Bertz CT molecular complexity index is 540. The summed E-state index contributed by atoms with van der Waals surface area (Å²) in [4.78, 5) is 0. The lowest BCUT2D eigenvalue weighted by molar-refractivity contribution is 0.174. The van der Waals surface area contributed by atoms with Crippen molar-refractivity contribution in [3.8, 4) is 5.75 Å². The van der Waals surface area contributed by atoms with Crippen LogP contribution in [0.25, 0.3) is 0 Å². The predicted octanol–water partition coefficient (Wildman–Crippen LogP) is 2.47. The third-order valence-electron chi connectivity index (χ3n) is 2.74. The molecule has 1 aromatic heterocycles. The fraction of sp³-hybridized carbons (Fsp3) is 0.308. The summed E-state index contributed by atoms with van der Waals surface area (Å²) in [5.41, 5.74) is 1.78. The predicted molar refractivity (Wildman–Crippen MR) is 72.6 cm³/mol. The number of rotatable bonds is 4. The molecule has 0 aliphatic rings. The number of benzene rings is 1. The van der Waals surface area contributed by atoms with Crippen LogP contribution in [0.2, 0.25) is 0 Å². The largest absolute Gasteiger partial charge is 0.496 e. The highest BCUT2D eigenvalue weighted by atomic mass is 79.9. The molecule has 1 unspecified atom stereocenters. The molecule has 18 heavy (non-hydrogen) atoms. The van der Waals surface area contributed by atoms with E-state index in [9.17, 15) is 5.11 Å². The first-order valence-corrected chi connectivity index (χ1v) is 6.38. The Morgan fingerprint density at radius 2 is 2.28 bits per heavy atom. The molecule has 1 aromatic carbocycles. The number of halogens is 1. The highest BCUT2D eigenvalue weighted by Gasteiger charge is 2.14. The maximum absolute atomic E-state index is 10.3. The molecule has 4 nitrogen and oxygen atoms in total. The van der Waals surface area contributed by atoms with Crippen molar-refractivity contribution in [2.24, 2.45) is 7.05 Å². The second kappa shape index (κ2) is 5.54. The van der Waals surface area contributed by atoms with Gasteiger partial charge in [-0.15, -0.1) is 0 Å². The van der Waals surface area contributed by atoms with Crippen molar-refractivity contribution in [1.29, 1.82) is 0 Å². The number of hydrogen-bond donors (Lipinski definition) is 1. The summed E-state index contributed by atoms with van der Waals surface area (Å²) in [6, 6.07) is 5.61. The summed E-state index contributed by atoms with van der Waals surface area (Å²) in [7, 11) is 3.46. The van der Waals surface area contributed by atoms with Crippen LogP contribution in [0.1, 0.15) is 17.2 Å². The van der Waals surface area contributed by atoms with Crippen molar-refractivity contribution >= 4 is 15.9 Å². The van der Waals surface area contributed by atoms with Gasteiger partial charge < -0.3 is 9.84 Å². The number of aromatic nitrogens is 2. The Hall–Kier alpha value is -1.33. The van der Waals surface area contributed by atoms with Crippen LogP contribution in [0, 0.1) is 0 Å². The van der Waals surface area contributed by atoms with E-state index in [1.54, 1.807) is 18.0 Å². The third-order valence-corrected chi connectivity index (χ3v) is 3.24. The van der Waals surface area contributed by atoms with E-state index in [4.69, 9.17) is 4.74 Å². The van der Waals surface area contributed by atoms with Crippen molar-refractivity contribution in [1.82, 2.24) is 9.78 Å². The molecule has 0 amide bonds. The highest BCUT2D eigenvalue weighted by molar-refractivity contribution is 9.10. The molecule has 0 aliphatic heterocycles. The Morgan fingerprint density at radius 1 is 1.50 bits per heavy atom. The van der Waals surface area contributed by atoms with Gasteiger partial charge in [-0.25, -0.2) is 0 Å². The van der Waals surface area contributed by atoms with Crippen LogP contribution in [-0.2, 0) is 13.5 Å². The molecular formula is C13H15BrN2O2. The molecular weight excluding hydrogens is 296 g/mol. The van der Waals surface area contributed by atoms with Crippen molar-refractivity contribution in [2.75, 3.05) is 7.11 Å². The monoisotopic (exact) mass is 310 g/mol.